The quantitative estimate of drug-likeness (QED) is 0.311. The Bertz CT molecular complexity index is 1400. The number of rotatable bonds is 9. The minimum Gasteiger partial charge on any atom is -0.333 e. The minimum absolute atomic E-state index is 0.00790. The highest BCUT2D eigenvalue weighted by molar-refractivity contribution is 7.90. The van der Waals surface area contributed by atoms with Gasteiger partial charge in [0.05, 0.1) is 30.7 Å². The Labute approximate surface area is 210 Å². The van der Waals surface area contributed by atoms with Crippen molar-refractivity contribution in [2.75, 3.05) is 6.54 Å². The molecule has 4 rings (SSSR count). The van der Waals surface area contributed by atoms with Crippen molar-refractivity contribution < 1.29 is 13.2 Å². The SMILES string of the molecule is CCN(Cc1cnc(S(=O)(=O)Cc2ccccc2)n1Cc1ccccc1)C(=O)c1cccc(Cl)c1. The molecule has 0 atom stereocenters. The number of amides is 1. The summed E-state index contributed by atoms with van der Waals surface area (Å²) in [6.45, 7) is 2.85. The van der Waals surface area contributed by atoms with Crippen LogP contribution in [0, 0.1) is 0 Å². The highest BCUT2D eigenvalue weighted by Gasteiger charge is 2.26. The van der Waals surface area contributed by atoms with Crippen molar-refractivity contribution >= 4 is 27.3 Å². The Morgan fingerprint density at radius 3 is 2.23 bits per heavy atom. The maximum Gasteiger partial charge on any atom is 0.254 e. The van der Waals surface area contributed by atoms with E-state index in [9.17, 15) is 13.2 Å². The van der Waals surface area contributed by atoms with Gasteiger partial charge in [-0.15, -0.1) is 0 Å². The van der Waals surface area contributed by atoms with Gasteiger partial charge >= 0.3 is 0 Å². The Morgan fingerprint density at radius 2 is 1.60 bits per heavy atom. The molecule has 0 aliphatic rings. The van der Waals surface area contributed by atoms with Gasteiger partial charge < -0.3 is 9.47 Å². The number of benzene rings is 3. The van der Waals surface area contributed by atoms with Crippen LogP contribution in [0.5, 0.6) is 0 Å². The molecule has 0 saturated heterocycles. The summed E-state index contributed by atoms with van der Waals surface area (Å²) < 4.78 is 28.5. The predicted octanol–water partition coefficient (Wildman–Crippen LogP) is 5.22. The van der Waals surface area contributed by atoms with E-state index in [-0.39, 0.29) is 23.4 Å². The fraction of sp³-hybridized carbons (Fsp3) is 0.185. The normalized spacial score (nSPS) is 11.4. The van der Waals surface area contributed by atoms with Crippen molar-refractivity contribution in [2.45, 2.75) is 30.9 Å². The summed E-state index contributed by atoms with van der Waals surface area (Å²) in [5, 5.41) is 0.474. The van der Waals surface area contributed by atoms with Gasteiger partial charge in [0.15, 0.2) is 0 Å². The Morgan fingerprint density at radius 1 is 0.943 bits per heavy atom. The molecule has 0 saturated carbocycles. The lowest BCUT2D eigenvalue weighted by Gasteiger charge is -2.22. The molecule has 0 aliphatic carbocycles. The summed E-state index contributed by atoms with van der Waals surface area (Å²) in [5.74, 6) is -0.339. The lowest BCUT2D eigenvalue weighted by atomic mass is 10.2. The van der Waals surface area contributed by atoms with Gasteiger partial charge in [0.2, 0.25) is 15.0 Å². The number of hydrogen-bond donors (Lipinski definition) is 0. The predicted molar refractivity (Wildman–Crippen MR) is 137 cm³/mol. The van der Waals surface area contributed by atoms with E-state index in [0.29, 0.717) is 34.9 Å². The van der Waals surface area contributed by atoms with E-state index in [0.717, 1.165) is 5.56 Å². The number of carbonyl (C=O) groups is 1. The largest absolute Gasteiger partial charge is 0.333 e. The van der Waals surface area contributed by atoms with Crippen molar-refractivity contribution in [3.63, 3.8) is 0 Å². The summed E-state index contributed by atoms with van der Waals surface area (Å²) in [6.07, 6.45) is 1.55. The third-order valence-corrected chi connectivity index (χ3v) is 7.49. The molecule has 3 aromatic carbocycles. The standard InChI is InChI=1S/C27H26ClN3O3S/c1-2-30(26(32)23-14-9-15-24(28)16-23)19-25-17-29-27(31(25)18-21-10-5-3-6-11-21)35(33,34)20-22-12-7-4-8-13-22/h3-17H,2,18-20H2,1H3. The van der Waals surface area contributed by atoms with Crippen LogP contribution in [-0.4, -0.2) is 35.3 Å². The Balaban J connectivity index is 1.69. The highest BCUT2D eigenvalue weighted by atomic mass is 35.5. The van der Waals surface area contributed by atoms with Gasteiger partial charge in [-0.05, 0) is 36.2 Å². The van der Waals surface area contributed by atoms with Crippen LogP contribution >= 0.6 is 11.6 Å². The average Bonchev–Trinajstić information content (AvgIpc) is 3.26. The molecule has 1 heterocycles. The van der Waals surface area contributed by atoms with Crippen molar-refractivity contribution in [2.24, 2.45) is 0 Å². The number of hydrogen-bond acceptors (Lipinski definition) is 4. The van der Waals surface area contributed by atoms with E-state index in [1.165, 1.54) is 0 Å². The number of halogens is 1. The second-order valence-electron chi connectivity index (χ2n) is 8.18. The van der Waals surface area contributed by atoms with Crippen molar-refractivity contribution in [3.8, 4) is 0 Å². The Hall–Kier alpha value is -3.42. The van der Waals surface area contributed by atoms with E-state index in [2.05, 4.69) is 4.98 Å². The molecule has 0 N–H and O–H groups in total. The van der Waals surface area contributed by atoms with Crippen LogP contribution < -0.4 is 0 Å². The van der Waals surface area contributed by atoms with Crippen molar-refractivity contribution in [3.05, 3.63) is 119 Å². The molecule has 1 amide bonds. The highest BCUT2D eigenvalue weighted by Crippen LogP contribution is 2.21. The zero-order valence-electron chi connectivity index (χ0n) is 19.3. The van der Waals surface area contributed by atoms with Gasteiger partial charge in [0, 0.05) is 17.1 Å². The molecule has 35 heavy (non-hydrogen) atoms. The maximum atomic E-state index is 13.4. The molecule has 0 unspecified atom stereocenters. The first kappa shape index (κ1) is 24.7. The molecule has 0 aliphatic heterocycles. The molecule has 6 nitrogen and oxygen atoms in total. The molecule has 8 heteroatoms. The van der Waals surface area contributed by atoms with Gasteiger partial charge in [-0.1, -0.05) is 78.3 Å². The minimum atomic E-state index is -3.73. The number of carbonyl (C=O) groups excluding carboxylic acids is 1. The van der Waals surface area contributed by atoms with Gasteiger partial charge in [-0.25, -0.2) is 13.4 Å². The number of nitrogens with zero attached hydrogens (tertiary/aromatic N) is 3. The monoisotopic (exact) mass is 507 g/mol. The average molecular weight is 508 g/mol. The molecule has 180 valence electrons. The third kappa shape index (κ3) is 5.99. The maximum absolute atomic E-state index is 13.4. The number of imidazole rings is 1. The van der Waals surface area contributed by atoms with Crippen LogP contribution in [-0.2, 0) is 28.7 Å². The first-order valence-corrected chi connectivity index (χ1v) is 13.3. The van der Waals surface area contributed by atoms with Gasteiger partial charge in [0.25, 0.3) is 5.91 Å². The molecule has 4 aromatic rings. The van der Waals surface area contributed by atoms with Crippen LogP contribution in [0.4, 0.5) is 0 Å². The fourth-order valence-corrected chi connectivity index (χ4v) is 5.57. The van der Waals surface area contributed by atoms with Gasteiger partial charge in [-0.2, -0.15) is 0 Å². The summed E-state index contributed by atoms with van der Waals surface area (Å²) in [5.41, 5.74) is 2.74. The lowest BCUT2D eigenvalue weighted by molar-refractivity contribution is 0.0749. The van der Waals surface area contributed by atoms with E-state index in [4.69, 9.17) is 11.6 Å². The molecule has 1 aromatic heterocycles. The first-order chi connectivity index (χ1) is 16.9. The molecule has 0 fully saturated rings. The van der Waals surface area contributed by atoms with Gasteiger partial charge in [-0.3, -0.25) is 4.79 Å². The van der Waals surface area contributed by atoms with Gasteiger partial charge in [0.1, 0.15) is 0 Å². The number of aromatic nitrogens is 2. The first-order valence-electron chi connectivity index (χ1n) is 11.3. The van der Waals surface area contributed by atoms with Crippen LogP contribution in [0.2, 0.25) is 5.02 Å². The van der Waals surface area contributed by atoms with Crippen LogP contribution in [0.1, 0.15) is 34.1 Å². The topological polar surface area (TPSA) is 72.3 Å². The zero-order chi connectivity index (χ0) is 24.8. The smallest absolute Gasteiger partial charge is 0.254 e. The third-order valence-electron chi connectivity index (χ3n) is 5.66. The second-order valence-corrected chi connectivity index (χ2v) is 10.5. The van der Waals surface area contributed by atoms with Crippen LogP contribution in [0.15, 0.2) is 96.3 Å². The molecular weight excluding hydrogens is 482 g/mol. The summed E-state index contributed by atoms with van der Waals surface area (Å²) in [6, 6.07) is 25.4. The zero-order valence-corrected chi connectivity index (χ0v) is 20.9. The fourth-order valence-electron chi connectivity index (χ4n) is 3.89. The molecule has 0 spiro atoms. The molecule has 0 radical (unpaired) electrons. The summed E-state index contributed by atoms with van der Waals surface area (Å²) in [7, 11) is -3.73. The van der Waals surface area contributed by atoms with E-state index >= 15 is 0 Å². The van der Waals surface area contributed by atoms with E-state index < -0.39 is 9.84 Å². The van der Waals surface area contributed by atoms with Crippen molar-refractivity contribution in [1.29, 1.82) is 0 Å². The Kier molecular flexibility index (Phi) is 7.68. The van der Waals surface area contributed by atoms with E-state index in [1.54, 1.807) is 52.1 Å². The van der Waals surface area contributed by atoms with Crippen LogP contribution in [0.25, 0.3) is 0 Å². The van der Waals surface area contributed by atoms with Crippen LogP contribution in [0.3, 0.4) is 0 Å². The lowest BCUT2D eigenvalue weighted by Crippen LogP contribution is -2.31. The number of sulfone groups is 1. The second kappa shape index (κ2) is 10.9. The van der Waals surface area contributed by atoms with E-state index in [1.807, 2.05) is 55.5 Å². The van der Waals surface area contributed by atoms with Crippen molar-refractivity contribution in [1.82, 2.24) is 14.5 Å². The molecule has 0 bridgehead atoms. The molecular formula is C27H26ClN3O3S. The summed E-state index contributed by atoms with van der Waals surface area (Å²) in [4.78, 5) is 19.1. The summed E-state index contributed by atoms with van der Waals surface area (Å²) >= 11 is 6.08.